The Balaban J connectivity index is 2.15. The molecule has 0 aliphatic carbocycles. The molecule has 4 nitrogen and oxygen atoms in total. The van der Waals surface area contributed by atoms with Gasteiger partial charge >= 0.3 is 0 Å². The lowest BCUT2D eigenvalue weighted by molar-refractivity contribution is 0.320. The Morgan fingerprint density at radius 3 is 2.60 bits per heavy atom. The van der Waals surface area contributed by atoms with Gasteiger partial charge in [-0.25, -0.2) is 0 Å². The second-order valence-corrected chi connectivity index (χ2v) is 5.50. The van der Waals surface area contributed by atoms with E-state index in [9.17, 15) is 0 Å². The maximum atomic E-state index is 5.25. The molecule has 0 heterocycles. The van der Waals surface area contributed by atoms with Gasteiger partial charge in [-0.3, -0.25) is 0 Å². The van der Waals surface area contributed by atoms with Crippen molar-refractivity contribution in [1.82, 2.24) is 15.1 Å². The van der Waals surface area contributed by atoms with Gasteiger partial charge in [0.05, 0.1) is 7.11 Å². The minimum Gasteiger partial charge on any atom is -0.497 e. The summed E-state index contributed by atoms with van der Waals surface area (Å²) in [5.41, 5.74) is 1.29. The minimum absolute atomic E-state index is 0.928. The van der Waals surface area contributed by atoms with Gasteiger partial charge in [0, 0.05) is 19.6 Å². The molecule has 0 saturated carbocycles. The number of hydrogen-bond acceptors (Lipinski definition) is 4. The molecule has 0 aliphatic heterocycles. The van der Waals surface area contributed by atoms with E-state index in [1.807, 2.05) is 12.1 Å². The van der Waals surface area contributed by atoms with Crippen molar-refractivity contribution in [3.63, 3.8) is 0 Å². The molecule has 1 aromatic carbocycles. The molecule has 0 atom stereocenters. The largest absolute Gasteiger partial charge is 0.497 e. The Bertz CT molecular complexity index is 368. The van der Waals surface area contributed by atoms with Crippen LogP contribution in [0, 0.1) is 0 Å². The highest BCUT2D eigenvalue weighted by atomic mass is 16.5. The number of methoxy groups -OCH3 is 1. The molecular weight excluding hydrogens is 250 g/mol. The van der Waals surface area contributed by atoms with Gasteiger partial charge in [-0.05, 0) is 58.3 Å². The molecule has 0 saturated heterocycles. The van der Waals surface area contributed by atoms with Crippen LogP contribution in [0.4, 0.5) is 0 Å². The first-order valence-corrected chi connectivity index (χ1v) is 7.28. The van der Waals surface area contributed by atoms with Gasteiger partial charge in [0.1, 0.15) is 5.75 Å². The second kappa shape index (κ2) is 9.75. The van der Waals surface area contributed by atoms with Crippen molar-refractivity contribution in [3.05, 3.63) is 29.8 Å². The van der Waals surface area contributed by atoms with Gasteiger partial charge < -0.3 is 19.9 Å². The Hall–Kier alpha value is -1.10. The zero-order valence-electron chi connectivity index (χ0n) is 13.4. The molecule has 0 amide bonds. The van der Waals surface area contributed by atoms with Crippen LogP contribution in [-0.2, 0) is 6.54 Å². The summed E-state index contributed by atoms with van der Waals surface area (Å²) in [6, 6.07) is 8.27. The van der Waals surface area contributed by atoms with Crippen LogP contribution < -0.4 is 10.1 Å². The van der Waals surface area contributed by atoms with Gasteiger partial charge in [-0.2, -0.15) is 0 Å². The quantitative estimate of drug-likeness (QED) is 0.659. The predicted molar refractivity (Wildman–Crippen MR) is 85.4 cm³/mol. The van der Waals surface area contributed by atoms with E-state index in [1.165, 1.54) is 12.0 Å². The molecule has 1 aromatic rings. The molecule has 114 valence electrons. The number of hydrogen-bond donors (Lipinski definition) is 1. The number of ether oxygens (including phenoxy) is 1. The van der Waals surface area contributed by atoms with E-state index in [0.29, 0.717) is 0 Å². The Morgan fingerprint density at radius 1 is 1.10 bits per heavy atom. The van der Waals surface area contributed by atoms with Crippen molar-refractivity contribution in [2.75, 3.05) is 54.4 Å². The summed E-state index contributed by atoms with van der Waals surface area (Å²) < 4.78 is 5.25. The highest BCUT2D eigenvalue weighted by Gasteiger charge is 2.01. The molecule has 0 aliphatic rings. The molecule has 20 heavy (non-hydrogen) atoms. The standard InChI is InChI=1S/C16H29N3O/c1-18(2)11-6-9-17-10-12-19(3)14-15-7-5-8-16(13-15)20-4/h5,7-8,13,17H,6,9-12,14H2,1-4H3. The SMILES string of the molecule is COc1cccc(CN(C)CCNCCCN(C)C)c1. The van der Waals surface area contributed by atoms with Gasteiger partial charge in [-0.1, -0.05) is 12.1 Å². The fraction of sp³-hybridized carbons (Fsp3) is 0.625. The Morgan fingerprint density at radius 2 is 1.90 bits per heavy atom. The normalized spacial score (nSPS) is 11.3. The number of nitrogens with one attached hydrogen (secondary N) is 1. The van der Waals surface area contributed by atoms with Crippen LogP contribution in [0.1, 0.15) is 12.0 Å². The van der Waals surface area contributed by atoms with E-state index in [4.69, 9.17) is 4.74 Å². The lowest BCUT2D eigenvalue weighted by Crippen LogP contribution is -2.30. The van der Waals surface area contributed by atoms with Crippen LogP contribution in [0.3, 0.4) is 0 Å². The summed E-state index contributed by atoms with van der Waals surface area (Å²) in [4.78, 5) is 4.55. The molecule has 0 unspecified atom stereocenters. The van der Waals surface area contributed by atoms with Crippen LogP contribution in [0.2, 0.25) is 0 Å². The average molecular weight is 279 g/mol. The van der Waals surface area contributed by atoms with Crippen molar-refractivity contribution in [2.24, 2.45) is 0 Å². The highest BCUT2D eigenvalue weighted by Crippen LogP contribution is 2.13. The van der Waals surface area contributed by atoms with E-state index in [0.717, 1.165) is 38.5 Å². The lowest BCUT2D eigenvalue weighted by Gasteiger charge is -2.17. The van der Waals surface area contributed by atoms with Gasteiger partial charge in [0.25, 0.3) is 0 Å². The van der Waals surface area contributed by atoms with Gasteiger partial charge in [0.2, 0.25) is 0 Å². The lowest BCUT2D eigenvalue weighted by atomic mass is 10.2. The molecule has 4 heteroatoms. The van der Waals surface area contributed by atoms with E-state index >= 15 is 0 Å². The van der Waals surface area contributed by atoms with E-state index in [1.54, 1.807) is 7.11 Å². The molecule has 0 aromatic heterocycles. The van der Waals surface area contributed by atoms with Gasteiger partial charge in [-0.15, -0.1) is 0 Å². The molecule has 0 radical (unpaired) electrons. The molecular formula is C16H29N3O. The maximum Gasteiger partial charge on any atom is 0.119 e. The van der Waals surface area contributed by atoms with Gasteiger partial charge in [0.15, 0.2) is 0 Å². The van der Waals surface area contributed by atoms with Crippen molar-refractivity contribution in [2.45, 2.75) is 13.0 Å². The summed E-state index contributed by atoms with van der Waals surface area (Å²) >= 11 is 0. The van der Waals surface area contributed by atoms with Crippen molar-refractivity contribution >= 4 is 0 Å². The third-order valence-corrected chi connectivity index (χ3v) is 3.22. The van der Waals surface area contributed by atoms with Crippen LogP contribution in [0.15, 0.2) is 24.3 Å². The molecule has 0 bridgehead atoms. The third-order valence-electron chi connectivity index (χ3n) is 3.22. The molecule has 1 rings (SSSR count). The second-order valence-electron chi connectivity index (χ2n) is 5.50. The Kier molecular flexibility index (Phi) is 8.26. The number of benzene rings is 1. The van der Waals surface area contributed by atoms with Crippen LogP contribution in [0.25, 0.3) is 0 Å². The monoisotopic (exact) mass is 279 g/mol. The van der Waals surface area contributed by atoms with Crippen LogP contribution >= 0.6 is 0 Å². The predicted octanol–water partition coefficient (Wildman–Crippen LogP) is 1.67. The fourth-order valence-corrected chi connectivity index (χ4v) is 2.08. The number of rotatable bonds is 10. The Labute approximate surface area is 123 Å². The van der Waals surface area contributed by atoms with E-state index < -0.39 is 0 Å². The fourth-order valence-electron chi connectivity index (χ4n) is 2.08. The summed E-state index contributed by atoms with van der Waals surface area (Å²) in [5.74, 6) is 0.928. The highest BCUT2D eigenvalue weighted by molar-refractivity contribution is 5.28. The summed E-state index contributed by atoms with van der Waals surface area (Å²) in [5, 5.41) is 3.49. The molecule has 0 fully saturated rings. The zero-order valence-corrected chi connectivity index (χ0v) is 13.4. The summed E-state index contributed by atoms with van der Waals surface area (Å²) in [6.45, 7) is 5.28. The van der Waals surface area contributed by atoms with Crippen molar-refractivity contribution < 1.29 is 4.74 Å². The average Bonchev–Trinajstić information content (AvgIpc) is 2.42. The van der Waals surface area contributed by atoms with Crippen molar-refractivity contribution in [1.29, 1.82) is 0 Å². The van der Waals surface area contributed by atoms with E-state index in [-0.39, 0.29) is 0 Å². The summed E-state index contributed by atoms with van der Waals surface area (Å²) in [6.07, 6.45) is 1.20. The first kappa shape index (κ1) is 17.0. The zero-order chi connectivity index (χ0) is 14.8. The number of nitrogens with zero attached hydrogens (tertiary/aromatic N) is 2. The van der Waals surface area contributed by atoms with E-state index in [2.05, 4.69) is 48.4 Å². The summed E-state index contributed by atoms with van der Waals surface area (Å²) in [7, 11) is 8.09. The first-order chi connectivity index (χ1) is 9.61. The third kappa shape index (κ3) is 7.48. The molecule has 1 N–H and O–H groups in total. The van der Waals surface area contributed by atoms with Crippen molar-refractivity contribution in [3.8, 4) is 5.75 Å². The first-order valence-electron chi connectivity index (χ1n) is 7.28. The maximum absolute atomic E-state index is 5.25. The minimum atomic E-state index is 0.928. The van der Waals surface area contributed by atoms with Crippen LogP contribution in [0.5, 0.6) is 5.75 Å². The smallest absolute Gasteiger partial charge is 0.119 e. The number of likely N-dealkylation sites (N-methyl/N-ethyl adjacent to an activating group) is 1. The topological polar surface area (TPSA) is 27.7 Å². The van der Waals surface area contributed by atoms with Crippen LogP contribution in [-0.4, -0.2) is 64.2 Å². The molecule has 0 spiro atoms.